The van der Waals surface area contributed by atoms with E-state index in [1.807, 2.05) is 48.7 Å². The molecule has 0 radical (unpaired) electrons. The topological polar surface area (TPSA) is 109 Å². The van der Waals surface area contributed by atoms with Crippen LogP contribution in [0.25, 0.3) is 17.0 Å². The monoisotopic (exact) mass is 539 g/mol. The molecule has 2 aromatic carbocycles. The average Bonchev–Trinajstić information content (AvgIpc) is 3.34. The van der Waals surface area contributed by atoms with Crippen LogP contribution >= 0.6 is 0 Å². The Kier molecular flexibility index (Phi) is 9.70. The SMILES string of the molecule is CN1CCN(CCCS(=O)(=O)N(CCc2c[nH]c3ccccc23)Cc2ccc(C=CC(=O)NO)cc2)CC1. The third kappa shape index (κ3) is 7.75. The highest BCUT2D eigenvalue weighted by Crippen LogP contribution is 2.20. The first-order valence-corrected chi connectivity index (χ1v) is 14.6. The lowest BCUT2D eigenvalue weighted by Gasteiger charge is -2.32. The number of hydroxylamine groups is 1. The molecule has 0 bridgehead atoms. The van der Waals surface area contributed by atoms with Crippen molar-refractivity contribution in [3.63, 3.8) is 0 Å². The van der Waals surface area contributed by atoms with E-state index >= 15 is 0 Å². The average molecular weight is 540 g/mol. The van der Waals surface area contributed by atoms with Crippen LogP contribution in [-0.4, -0.2) is 90.7 Å². The van der Waals surface area contributed by atoms with Gasteiger partial charge in [-0.05, 0) is 55.3 Å². The number of nitrogens with zero attached hydrogens (tertiary/aromatic N) is 3. The molecular formula is C28H37N5O4S. The van der Waals surface area contributed by atoms with Crippen molar-refractivity contribution in [2.45, 2.75) is 19.4 Å². The number of aromatic amines is 1. The summed E-state index contributed by atoms with van der Waals surface area (Å²) >= 11 is 0. The molecule has 0 unspecified atom stereocenters. The first kappa shape index (κ1) is 28.0. The molecule has 1 saturated heterocycles. The minimum absolute atomic E-state index is 0.115. The zero-order chi connectivity index (χ0) is 27.0. The summed E-state index contributed by atoms with van der Waals surface area (Å²) in [5, 5.41) is 9.75. The second-order valence-electron chi connectivity index (χ2n) is 9.81. The molecule has 1 fully saturated rings. The largest absolute Gasteiger partial charge is 0.361 e. The van der Waals surface area contributed by atoms with Crippen molar-refractivity contribution in [2.75, 3.05) is 52.1 Å². The summed E-state index contributed by atoms with van der Waals surface area (Å²) in [6.45, 7) is 5.42. The molecule has 10 heteroatoms. The van der Waals surface area contributed by atoms with E-state index in [1.54, 1.807) is 15.9 Å². The summed E-state index contributed by atoms with van der Waals surface area (Å²) in [7, 11) is -1.37. The fourth-order valence-corrected chi connectivity index (χ4v) is 6.19. The number of hydrogen-bond acceptors (Lipinski definition) is 6. The number of carbonyl (C=O) groups is 1. The number of sulfonamides is 1. The van der Waals surface area contributed by atoms with Gasteiger partial charge in [-0.2, -0.15) is 4.31 Å². The van der Waals surface area contributed by atoms with Gasteiger partial charge in [0.1, 0.15) is 0 Å². The van der Waals surface area contributed by atoms with Gasteiger partial charge in [0.15, 0.2) is 0 Å². The highest BCUT2D eigenvalue weighted by molar-refractivity contribution is 7.89. The molecule has 4 rings (SSSR count). The Labute approximate surface area is 224 Å². The summed E-state index contributed by atoms with van der Waals surface area (Å²) in [6.07, 6.45) is 5.99. The molecule has 1 aliphatic rings. The Hall–Kier alpha value is -3.02. The van der Waals surface area contributed by atoms with E-state index in [1.165, 1.54) is 6.08 Å². The molecule has 2 heterocycles. The van der Waals surface area contributed by atoms with E-state index in [4.69, 9.17) is 5.21 Å². The van der Waals surface area contributed by atoms with Crippen LogP contribution in [0, 0.1) is 0 Å². The standard InChI is InChI=1S/C28H37N5O4S/c1-31-16-18-32(19-17-31)14-4-20-38(36,37)33(15-13-25-21-29-27-6-3-2-5-26(25)27)22-24-9-7-23(8-10-24)11-12-28(34)30-35/h2-3,5-12,21,29,35H,4,13-20,22H2,1H3,(H,30,34). The number of aromatic nitrogens is 1. The van der Waals surface area contributed by atoms with E-state index in [0.29, 0.717) is 19.4 Å². The number of nitrogens with one attached hydrogen (secondary N) is 2. The zero-order valence-corrected chi connectivity index (χ0v) is 22.7. The Balaban J connectivity index is 1.44. The number of carbonyl (C=O) groups excluding carboxylic acids is 1. The second-order valence-corrected chi connectivity index (χ2v) is 11.9. The van der Waals surface area contributed by atoms with Crippen LogP contribution in [0.3, 0.4) is 0 Å². The molecule has 3 N–H and O–H groups in total. The van der Waals surface area contributed by atoms with Gasteiger partial charge in [-0.25, -0.2) is 13.9 Å². The second kappa shape index (κ2) is 13.2. The van der Waals surface area contributed by atoms with Gasteiger partial charge < -0.3 is 14.8 Å². The highest BCUT2D eigenvalue weighted by atomic mass is 32.2. The van der Waals surface area contributed by atoms with Gasteiger partial charge in [0.25, 0.3) is 5.91 Å². The zero-order valence-electron chi connectivity index (χ0n) is 21.8. The third-order valence-electron chi connectivity index (χ3n) is 7.05. The van der Waals surface area contributed by atoms with Crippen molar-refractivity contribution < 1.29 is 18.4 Å². The summed E-state index contributed by atoms with van der Waals surface area (Å²) < 4.78 is 28.7. The molecule has 0 aliphatic carbocycles. The van der Waals surface area contributed by atoms with Crippen LogP contribution in [-0.2, 0) is 27.8 Å². The first-order chi connectivity index (χ1) is 18.3. The highest BCUT2D eigenvalue weighted by Gasteiger charge is 2.23. The molecule has 0 saturated carbocycles. The Morgan fingerprint density at radius 3 is 2.58 bits per heavy atom. The van der Waals surface area contributed by atoms with Crippen LogP contribution in [0.4, 0.5) is 0 Å². The lowest BCUT2D eigenvalue weighted by molar-refractivity contribution is -0.124. The van der Waals surface area contributed by atoms with Crippen molar-refractivity contribution in [1.29, 1.82) is 0 Å². The number of piperazine rings is 1. The number of amides is 1. The number of para-hydroxylation sites is 1. The van der Waals surface area contributed by atoms with Gasteiger partial charge in [0.2, 0.25) is 10.0 Å². The van der Waals surface area contributed by atoms with Gasteiger partial charge in [-0.3, -0.25) is 10.0 Å². The lowest BCUT2D eigenvalue weighted by atomic mass is 10.1. The van der Waals surface area contributed by atoms with Crippen LogP contribution in [0.1, 0.15) is 23.1 Å². The van der Waals surface area contributed by atoms with Gasteiger partial charge in [-0.1, -0.05) is 42.5 Å². The van der Waals surface area contributed by atoms with Crippen molar-refractivity contribution in [3.05, 3.63) is 77.5 Å². The van der Waals surface area contributed by atoms with Gasteiger partial charge in [-0.15, -0.1) is 0 Å². The van der Waals surface area contributed by atoms with Crippen molar-refractivity contribution in [3.8, 4) is 0 Å². The quantitative estimate of drug-likeness (QED) is 0.186. The molecular weight excluding hydrogens is 502 g/mol. The molecule has 1 aliphatic heterocycles. The fourth-order valence-electron chi connectivity index (χ4n) is 4.72. The van der Waals surface area contributed by atoms with E-state index < -0.39 is 15.9 Å². The van der Waals surface area contributed by atoms with Crippen molar-refractivity contribution >= 4 is 32.9 Å². The maximum absolute atomic E-state index is 13.5. The summed E-state index contributed by atoms with van der Waals surface area (Å²) in [5.74, 6) is -0.496. The number of H-pyrrole nitrogens is 1. The van der Waals surface area contributed by atoms with Crippen LogP contribution in [0.2, 0.25) is 0 Å². The van der Waals surface area contributed by atoms with Crippen molar-refractivity contribution in [2.24, 2.45) is 0 Å². The van der Waals surface area contributed by atoms with Crippen LogP contribution < -0.4 is 5.48 Å². The van der Waals surface area contributed by atoms with E-state index in [9.17, 15) is 13.2 Å². The molecule has 1 amide bonds. The predicted molar refractivity (Wildman–Crippen MR) is 150 cm³/mol. The lowest BCUT2D eigenvalue weighted by Crippen LogP contribution is -2.45. The van der Waals surface area contributed by atoms with E-state index in [2.05, 4.69) is 27.9 Å². The van der Waals surface area contributed by atoms with Gasteiger partial charge in [0, 0.05) is 62.4 Å². The van der Waals surface area contributed by atoms with E-state index in [-0.39, 0.29) is 12.3 Å². The Bertz CT molecular complexity index is 1330. The number of benzene rings is 2. The third-order valence-corrected chi connectivity index (χ3v) is 8.95. The molecule has 9 nitrogen and oxygen atoms in total. The van der Waals surface area contributed by atoms with Crippen molar-refractivity contribution in [1.82, 2.24) is 24.6 Å². The summed E-state index contributed by atoms with van der Waals surface area (Å²) in [5.41, 5.74) is 5.35. The molecule has 0 atom stereocenters. The molecule has 0 spiro atoms. The predicted octanol–water partition coefficient (Wildman–Crippen LogP) is 2.70. The minimum Gasteiger partial charge on any atom is -0.361 e. The summed E-state index contributed by atoms with van der Waals surface area (Å²) in [4.78, 5) is 19.1. The van der Waals surface area contributed by atoms with Crippen LogP contribution in [0.15, 0.2) is 60.8 Å². The molecule has 38 heavy (non-hydrogen) atoms. The van der Waals surface area contributed by atoms with E-state index in [0.717, 1.165) is 60.3 Å². The number of rotatable bonds is 12. The first-order valence-electron chi connectivity index (χ1n) is 13.0. The van der Waals surface area contributed by atoms with Gasteiger partial charge in [0.05, 0.1) is 5.75 Å². The molecule has 3 aromatic rings. The number of hydrogen-bond donors (Lipinski definition) is 3. The van der Waals surface area contributed by atoms with Gasteiger partial charge >= 0.3 is 0 Å². The maximum atomic E-state index is 13.5. The Morgan fingerprint density at radius 1 is 1.11 bits per heavy atom. The maximum Gasteiger partial charge on any atom is 0.267 e. The smallest absolute Gasteiger partial charge is 0.267 e. The molecule has 204 valence electrons. The number of likely N-dealkylation sites (N-methyl/N-ethyl adjacent to an activating group) is 1. The van der Waals surface area contributed by atoms with Crippen LogP contribution in [0.5, 0.6) is 0 Å². The summed E-state index contributed by atoms with van der Waals surface area (Å²) in [6, 6.07) is 15.4. The fraction of sp³-hybridized carbons (Fsp3) is 0.393. The normalized spacial score (nSPS) is 15.6. The molecule has 1 aromatic heterocycles. The Morgan fingerprint density at radius 2 is 1.84 bits per heavy atom. The minimum atomic E-state index is -3.48. The number of fused-ring (bicyclic) bond motifs is 1.